The van der Waals surface area contributed by atoms with Crippen LogP contribution < -0.4 is 5.32 Å². The summed E-state index contributed by atoms with van der Waals surface area (Å²) in [6, 6.07) is 4.82. The van der Waals surface area contributed by atoms with Gasteiger partial charge in [0.05, 0.1) is 0 Å². The number of carbonyl (C=O) groups excluding carboxylic acids is 2. The summed E-state index contributed by atoms with van der Waals surface area (Å²) in [6.45, 7) is 5.83. The van der Waals surface area contributed by atoms with E-state index in [1.54, 1.807) is 12.1 Å². The van der Waals surface area contributed by atoms with Crippen molar-refractivity contribution in [2.24, 2.45) is 11.8 Å². The summed E-state index contributed by atoms with van der Waals surface area (Å²) in [6.07, 6.45) is 3.26. The van der Waals surface area contributed by atoms with Crippen LogP contribution in [0.2, 0.25) is 0 Å². The Bertz CT molecular complexity index is 584. The first-order chi connectivity index (χ1) is 10.9. The van der Waals surface area contributed by atoms with Crippen LogP contribution in [0, 0.1) is 18.8 Å². The number of aromatic hydroxyl groups is 1. The number of nitrogens with one attached hydrogen (secondary N) is 1. The maximum Gasteiger partial charge on any atom is 0.342 e. The van der Waals surface area contributed by atoms with Crippen LogP contribution in [-0.2, 0) is 9.53 Å². The SMILES string of the molecule is Cc1ccc(O)c(C(=O)OCC(=O)NC2CCCC(C)C2C)c1. The van der Waals surface area contributed by atoms with Crippen LogP contribution in [0.3, 0.4) is 0 Å². The van der Waals surface area contributed by atoms with E-state index in [-0.39, 0.29) is 29.9 Å². The predicted molar refractivity (Wildman–Crippen MR) is 87.2 cm³/mol. The predicted octanol–water partition coefficient (Wildman–Crippen LogP) is 2.80. The first-order valence-electron chi connectivity index (χ1n) is 8.14. The number of hydrogen-bond acceptors (Lipinski definition) is 4. The van der Waals surface area contributed by atoms with E-state index in [4.69, 9.17) is 4.74 Å². The highest BCUT2D eigenvalue weighted by molar-refractivity contribution is 5.94. The number of esters is 1. The fourth-order valence-electron chi connectivity index (χ4n) is 3.06. The third-order valence-electron chi connectivity index (χ3n) is 4.76. The van der Waals surface area contributed by atoms with Crippen LogP contribution in [0.15, 0.2) is 18.2 Å². The molecule has 0 bridgehead atoms. The monoisotopic (exact) mass is 319 g/mol. The molecule has 0 aliphatic heterocycles. The topological polar surface area (TPSA) is 75.6 Å². The fraction of sp³-hybridized carbons (Fsp3) is 0.556. The van der Waals surface area contributed by atoms with Gasteiger partial charge in [-0.05, 0) is 37.3 Å². The van der Waals surface area contributed by atoms with Crippen LogP contribution in [0.1, 0.15) is 49.0 Å². The Morgan fingerprint density at radius 3 is 2.78 bits per heavy atom. The van der Waals surface area contributed by atoms with Crippen molar-refractivity contribution < 1.29 is 19.4 Å². The molecule has 5 heteroatoms. The van der Waals surface area contributed by atoms with Gasteiger partial charge in [0.1, 0.15) is 11.3 Å². The highest BCUT2D eigenvalue weighted by Crippen LogP contribution is 2.29. The van der Waals surface area contributed by atoms with Crippen LogP contribution in [0.4, 0.5) is 0 Å². The molecule has 0 radical (unpaired) electrons. The molecule has 0 saturated heterocycles. The Balaban J connectivity index is 1.86. The number of phenolic OH excluding ortho intramolecular Hbond substituents is 1. The van der Waals surface area contributed by atoms with Crippen LogP contribution >= 0.6 is 0 Å². The van der Waals surface area contributed by atoms with Crippen LogP contribution in [0.25, 0.3) is 0 Å². The number of rotatable bonds is 4. The summed E-state index contributed by atoms with van der Waals surface area (Å²) in [4.78, 5) is 24.0. The van der Waals surface area contributed by atoms with E-state index in [1.807, 2.05) is 6.92 Å². The third kappa shape index (κ3) is 4.47. The number of phenols is 1. The second-order valence-electron chi connectivity index (χ2n) is 6.54. The minimum atomic E-state index is -0.689. The molecule has 0 aromatic heterocycles. The Morgan fingerprint density at radius 1 is 1.30 bits per heavy atom. The lowest BCUT2D eigenvalue weighted by Crippen LogP contribution is -2.45. The van der Waals surface area contributed by atoms with E-state index in [0.29, 0.717) is 11.8 Å². The summed E-state index contributed by atoms with van der Waals surface area (Å²) in [5.41, 5.74) is 0.918. The molecular formula is C18H25NO4. The first kappa shape index (κ1) is 17.3. The lowest BCUT2D eigenvalue weighted by molar-refractivity contribution is -0.125. The summed E-state index contributed by atoms with van der Waals surface area (Å²) in [5.74, 6) is -0.122. The lowest BCUT2D eigenvalue weighted by Gasteiger charge is -2.34. The maximum atomic E-state index is 12.0. The van der Waals surface area contributed by atoms with Gasteiger partial charge in [0.2, 0.25) is 0 Å². The standard InChI is InChI=1S/C18H25NO4/c1-11-7-8-16(20)14(9-11)18(22)23-10-17(21)19-15-6-4-5-12(2)13(15)3/h7-9,12-13,15,20H,4-6,10H2,1-3H3,(H,19,21). The molecule has 5 nitrogen and oxygen atoms in total. The zero-order valence-electron chi connectivity index (χ0n) is 14.0. The van der Waals surface area contributed by atoms with E-state index >= 15 is 0 Å². The molecule has 1 saturated carbocycles. The maximum absolute atomic E-state index is 12.0. The largest absolute Gasteiger partial charge is 0.507 e. The number of benzene rings is 1. The van der Waals surface area contributed by atoms with Gasteiger partial charge in [-0.25, -0.2) is 4.79 Å². The van der Waals surface area contributed by atoms with Crippen molar-refractivity contribution >= 4 is 11.9 Å². The van der Waals surface area contributed by atoms with Crippen molar-refractivity contribution in [3.8, 4) is 5.75 Å². The van der Waals surface area contributed by atoms with Gasteiger partial charge in [0.15, 0.2) is 6.61 Å². The Hall–Kier alpha value is -2.04. The van der Waals surface area contributed by atoms with Crippen LogP contribution in [-0.4, -0.2) is 29.6 Å². The van der Waals surface area contributed by atoms with Crippen LogP contribution in [0.5, 0.6) is 5.75 Å². The van der Waals surface area contributed by atoms with Gasteiger partial charge in [-0.1, -0.05) is 38.3 Å². The molecule has 126 valence electrons. The molecule has 1 aromatic carbocycles. The van der Waals surface area contributed by atoms with E-state index < -0.39 is 5.97 Å². The van der Waals surface area contributed by atoms with E-state index in [9.17, 15) is 14.7 Å². The summed E-state index contributed by atoms with van der Waals surface area (Å²) < 4.78 is 5.02. The number of amides is 1. The van der Waals surface area contributed by atoms with Gasteiger partial charge < -0.3 is 15.2 Å². The molecule has 3 unspecified atom stereocenters. The molecule has 1 aliphatic rings. The van der Waals surface area contributed by atoms with E-state index in [2.05, 4.69) is 19.2 Å². The molecule has 1 aromatic rings. The van der Waals surface area contributed by atoms with Gasteiger partial charge in [-0.2, -0.15) is 0 Å². The fourth-order valence-corrected chi connectivity index (χ4v) is 3.06. The number of ether oxygens (including phenoxy) is 1. The number of aryl methyl sites for hydroxylation is 1. The van der Waals surface area contributed by atoms with Crippen molar-refractivity contribution in [1.82, 2.24) is 5.32 Å². The Labute approximate surface area is 137 Å². The summed E-state index contributed by atoms with van der Waals surface area (Å²) in [7, 11) is 0. The van der Waals surface area contributed by atoms with E-state index in [1.165, 1.54) is 12.5 Å². The molecule has 3 atom stereocenters. The zero-order valence-corrected chi connectivity index (χ0v) is 14.0. The molecule has 0 heterocycles. The highest BCUT2D eigenvalue weighted by atomic mass is 16.5. The van der Waals surface area contributed by atoms with Crippen molar-refractivity contribution in [3.63, 3.8) is 0 Å². The molecular weight excluding hydrogens is 294 g/mol. The van der Waals surface area contributed by atoms with Gasteiger partial charge in [0, 0.05) is 6.04 Å². The molecule has 2 N–H and O–H groups in total. The van der Waals surface area contributed by atoms with Gasteiger partial charge in [-0.3, -0.25) is 4.79 Å². The van der Waals surface area contributed by atoms with Crippen molar-refractivity contribution in [3.05, 3.63) is 29.3 Å². The molecule has 2 rings (SSSR count). The lowest BCUT2D eigenvalue weighted by atomic mass is 9.78. The Morgan fingerprint density at radius 2 is 2.04 bits per heavy atom. The second-order valence-corrected chi connectivity index (χ2v) is 6.54. The first-order valence-corrected chi connectivity index (χ1v) is 8.14. The molecule has 23 heavy (non-hydrogen) atoms. The average molecular weight is 319 g/mol. The number of hydrogen-bond donors (Lipinski definition) is 2. The molecule has 0 spiro atoms. The minimum absolute atomic E-state index is 0.0810. The van der Waals surface area contributed by atoms with Crippen molar-refractivity contribution in [2.75, 3.05) is 6.61 Å². The number of carbonyl (C=O) groups is 2. The van der Waals surface area contributed by atoms with Crippen molar-refractivity contribution in [1.29, 1.82) is 0 Å². The molecule has 1 fully saturated rings. The normalized spacial score (nSPS) is 24.0. The zero-order chi connectivity index (χ0) is 17.0. The third-order valence-corrected chi connectivity index (χ3v) is 4.76. The Kier molecular flexibility index (Phi) is 5.64. The molecule has 1 amide bonds. The van der Waals surface area contributed by atoms with E-state index in [0.717, 1.165) is 18.4 Å². The highest BCUT2D eigenvalue weighted by Gasteiger charge is 2.28. The van der Waals surface area contributed by atoms with Gasteiger partial charge >= 0.3 is 5.97 Å². The smallest absolute Gasteiger partial charge is 0.342 e. The molecule has 1 aliphatic carbocycles. The van der Waals surface area contributed by atoms with Gasteiger partial charge in [-0.15, -0.1) is 0 Å². The second kappa shape index (κ2) is 7.49. The minimum Gasteiger partial charge on any atom is -0.507 e. The summed E-state index contributed by atoms with van der Waals surface area (Å²) in [5, 5.41) is 12.6. The average Bonchev–Trinajstić information content (AvgIpc) is 2.52. The van der Waals surface area contributed by atoms with Gasteiger partial charge in [0.25, 0.3) is 5.91 Å². The van der Waals surface area contributed by atoms with Crippen molar-refractivity contribution in [2.45, 2.75) is 46.1 Å². The summed E-state index contributed by atoms with van der Waals surface area (Å²) >= 11 is 0. The quantitative estimate of drug-likeness (QED) is 0.837.